The SMILES string of the molecule is CCOc1c(C(=O)NOC(=O)C(=O)O)cc(C(C)(C)C)cc1C(=O)Nc1ccccc1CC. The molecule has 0 aliphatic rings. The van der Waals surface area contributed by atoms with Crippen molar-refractivity contribution in [1.82, 2.24) is 5.48 Å². The second kappa shape index (κ2) is 10.6. The smallest absolute Gasteiger partial charge is 0.441 e. The maximum Gasteiger partial charge on any atom is 0.441 e. The van der Waals surface area contributed by atoms with Gasteiger partial charge in [0.1, 0.15) is 5.75 Å². The fraction of sp³-hybridized carbons (Fsp3) is 0.333. The van der Waals surface area contributed by atoms with Crippen molar-refractivity contribution < 1.29 is 33.9 Å². The quantitative estimate of drug-likeness (QED) is 0.448. The van der Waals surface area contributed by atoms with E-state index in [4.69, 9.17) is 9.84 Å². The van der Waals surface area contributed by atoms with E-state index >= 15 is 0 Å². The summed E-state index contributed by atoms with van der Waals surface area (Å²) >= 11 is 0. The molecule has 0 bridgehead atoms. The lowest BCUT2D eigenvalue weighted by molar-refractivity contribution is -0.167. The van der Waals surface area contributed by atoms with Crippen LogP contribution in [0.5, 0.6) is 5.75 Å². The van der Waals surface area contributed by atoms with Gasteiger partial charge in [-0.1, -0.05) is 45.9 Å². The number of carbonyl (C=O) groups excluding carboxylic acids is 3. The van der Waals surface area contributed by atoms with E-state index in [-0.39, 0.29) is 23.5 Å². The molecule has 9 nitrogen and oxygen atoms in total. The molecule has 2 rings (SSSR count). The number of rotatable bonds is 6. The van der Waals surface area contributed by atoms with Gasteiger partial charge in [-0.05, 0) is 48.1 Å². The molecule has 176 valence electrons. The summed E-state index contributed by atoms with van der Waals surface area (Å²) in [5, 5.41) is 11.5. The van der Waals surface area contributed by atoms with Crippen LogP contribution < -0.4 is 15.5 Å². The van der Waals surface area contributed by atoms with E-state index in [1.807, 2.05) is 45.3 Å². The van der Waals surface area contributed by atoms with E-state index in [1.165, 1.54) is 6.07 Å². The largest absolute Gasteiger partial charge is 0.492 e. The molecule has 2 aromatic rings. The van der Waals surface area contributed by atoms with Crippen molar-refractivity contribution in [2.45, 2.75) is 46.5 Å². The second-order valence-corrected chi connectivity index (χ2v) is 8.17. The van der Waals surface area contributed by atoms with Gasteiger partial charge in [0.25, 0.3) is 11.8 Å². The van der Waals surface area contributed by atoms with E-state index < -0.39 is 29.2 Å². The third kappa shape index (κ3) is 6.31. The van der Waals surface area contributed by atoms with Gasteiger partial charge >= 0.3 is 11.9 Å². The Kier molecular flexibility index (Phi) is 8.17. The van der Waals surface area contributed by atoms with Gasteiger partial charge in [0.2, 0.25) is 0 Å². The highest BCUT2D eigenvalue weighted by molar-refractivity contribution is 6.28. The van der Waals surface area contributed by atoms with Gasteiger partial charge in [0.15, 0.2) is 0 Å². The Hall–Kier alpha value is -3.88. The monoisotopic (exact) mass is 456 g/mol. The summed E-state index contributed by atoms with van der Waals surface area (Å²) < 4.78 is 5.65. The molecule has 2 amide bonds. The van der Waals surface area contributed by atoms with Crippen LogP contribution in [0.25, 0.3) is 0 Å². The normalized spacial score (nSPS) is 10.8. The second-order valence-electron chi connectivity index (χ2n) is 8.17. The van der Waals surface area contributed by atoms with Gasteiger partial charge in [-0.2, -0.15) is 5.48 Å². The Bertz CT molecular complexity index is 1070. The topological polar surface area (TPSA) is 131 Å². The third-order valence-corrected chi connectivity index (χ3v) is 4.79. The number of amides is 2. The molecule has 3 N–H and O–H groups in total. The van der Waals surface area contributed by atoms with Crippen LogP contribution in [0.15, 0.2) is 36.4 Å². The number of hydroxylamine groups is 1. The number of aliphatic carboxylic acids is 1. The minimum atomic E-state index is -1.86. The standard InChI is InChI=1S/C24H28N2O7/c1-6-14-10-8-9-11-18(14)25-20(27)16-12-15(24(3,4)5)13-17(19(16)32-7-2)21(28)26-33-23(31)22(29)30/h8-13H,6-7H2,1-5H3,(H,25,27)(H,26,28)(H,29,30). The van der Waals surface area contributed by atoms with Crippen LogP contribution in [0.4, 0.5) is 5.69 Å². The number of para-hydroxylation sites is 1. The zero-order valence-electron chi connectivity index (χ0n) is 19.3. The summed E-state index contributed by atoms with van der Waals surface area (Å²) in [6.07, 6.45) is 0.708. The van der Waals surface area contributed by atoms with Gasteiger partial charge < -0.3 is 20.0 Å². The minimum Gasteiger partial charge on any atom is -0.492 e. The number of hydrogen-bond acceptors (Lipinski definition) is 6. The Labute approximate surface area is 192 Å². The van der Waals surface area contributed by atoms with E-state index in [2.05, 4.69) is 10.2 Å². The Morgan fingerprint density at radius 3 is 2.12 bits per heavy atom. The summed E-state index contributed by atoms with van der Waals surface area (Å²) in [5.41, 5.74) is 3.62. The summed E-state index contributed by atoms with van der Waals surface area (Å²) in [6.45, 7) is 9.53. The zero-order valence-corrected chi connectivity index (χ0v) is 19.3. The number of carboxylic acid groups (broad SMARTS) is 1. The number of carbonyl (C=O) groups is 4. The minimum absolute atomic E-state index is 0.0131. The fourth-order valence-electron chi connectivity index (χ4n) is 3.03. The number of aryl methyl sites for hydroxylation is 1. The zero-order chi connectivity index (χ0) is 24.8. The summed E-state index contributed by atoms with van der Waals surface area (Å²) in [7, 11) is 0. The molecular formula is C24H28N2O7. The predicted molar refractivity (Wildman–Crippen MR) is 121 cm³/mol. The predicted octanol–water partition coefficient (Wildman–Crippen LogP) is 3.47. The highest BCUT2D eigenvalue weighted by Gasteiger charge is 2.27. The van der Waals surface area contributed by atoms with Gasteiger partial charge in [0, 0.05) is 5.69 Å². The molecule has 0 fully saturated rings. The Balaban J connectivity index is 2.57. The van der Waals surface area contributed by atoms with Crippen LogP contribution >= 0.6 is 0 Å². The molecule has 0 heterocycles. The molecule has 0 radical (unpaired) electrons. The van der Waals surface area contributed by atoms with E-state index in [1.54, 1.807) is 25.1 Å². The molecule has 0 aromatic heterocycles. The van der Waals surface area contributed by atoms with Crippen LogP contribution in [0.2, 0.25) is 0 Å². The van der Waals surface area contributed by atoms with Gasteiger partial charge in [-0.3, -0.25) is 9.59 Å². The van der Waals surface area contributed by atoms with Crippen LogP contribution in [0, 0.1) is 0 Å². The molecule has 0 unspecified atom stereocenters. The Morgan fingerprint density at radius 2 is 1.58 bits per heavy atom. The average molecular weight is 456 g/mol. The summed E-state index contributed by atoms with van der Waals surface area (Å²) in [4.78, 5) is 52.3. The number of nitrogens with one attached hydrogen (secondary N) is 2. The van der Waals surface area contributed by atoms with Crippen molar-refractivity contribution in [3.63, 3.8) is 0 Å². The lowest BCUT2D eigenvalue weighted by Gasteiger charge is -2.23. The van der Waals surface area contributed by atoms with Crippen LogP contribution in [-0.4, -0.2) is 35.5 Å². The van der Waals surface area contributed by atoms with Gasteiger partial charge in [-0.25, -0.2) is 9.59 Å². The highest BCUT2D eigenvalue weighted by Crippen LogP contribution is 2.33. The number of ether oxygens (including phenoxy) is 1. The first-order valence-electron chi connectivity index (χ1n) is 10.4. The third-order valence-electron chi connectivity index (χ3n) is 4.79. The maximum absolute atomic E-state index is 13.3. The number of carboxylic acids is 1. The molecular weight excluding hydrogens is 428 g/mol. The first kappa shape index (κ1) is 25.4. The first-order valence-corrected chi connectivity index (χ1v) is 10.4. The first-order chi connectivity index (χ1) is 15.5. The van der Waals surface area contributed by atoms with E-state index in [9.17, 15) is 19.2 Å². The molecule has 0 aliphatic heterocycles. The van der Waals surface area contributed by atoms with Gasteiger partial charge in [0.05, 0.1) is 17.7 Å². The summed E-state index contributed by atoms with van der Waals surface area (Å²) in [6, 6.07) is 10.5. The number of benzene rings is 2. The van der Waals surface area contributed by atoms with E-state index in [0.29, 0.717) is 17.7 Å². The van der Waals surface area contributed by atoms with Crippen LogP contribution in [0.3, 0.4) is 0 Å². The van der Waals surface area contributed by atoms with Crippen molar-refractivity contribution in [2.24, 2.45) is 0 Å². The molecule has 9 heteroatoms. The molecule has 2 aromatic carbocycles. The Morgan fingerprint density at radius 1 is 0.970 bits per heavy atom. The molecule has 0 saturated carbocycles. The van der Waals surface area contributed by atoms with E-state index in [0.717, 1.165) is 5.56 Å². The molecule has 33 heavy (non-hydrogen) atoms. The molecule has 0 spiro atoms. The average Bonchev–Trinajstić information content (AvgIpc) is 2.76. The highest BCUT2D eigenvalue weighted by atomic mass is 16.7. The van der Waals surface area contributed by atoms with Crippen LogP contribution in [-0.2, 0) is 26.3 Å². The van der Waals surface area contributed by atoms with Crippen LogP contribution in [0.1, 0.15) is 66.5 Å². The van der Waals surface area contributed by atoms with Crippen molar-refractivity contribution in [1.29, 1.82) is 0 Å². The molecule has 0 saturated heterocycles. The molecule has 0 atom stereocenters. The number of hydrogen-bond donors (Lipinski definition) is 3. The molecule has 0 aliphatic carbocycles. The number of anilines is 1. The summed E-state index contributed by atoms with van der Waals surface area (Å²) in [5.74, 6) is -4.94. The fourth-order valence-corrected chi connectivity index (χ4v) is 3.03. The lowest BCUT2D eigenvalue weighted by Crippen LogP contribution is -2.31. The van der Waals surface area contributed by atoms with Crippen molar-refractivity contribution >= 4 is 29.4 Å². The maximum atomic E-state index is 13.3. The van der Waals surface area contributed by atoms with Crippen molar-refractivity contribution in [3.8, 4) is 5.75 Å². The lowest BCUT2D eigenvalue weighted by atomic mass is 9.84. The van der Waals surface area contributed by atoms with Gasteiger partial charge in [-0.15, -0.1) is 0 Å². The van der Waals surface area contributed by atoms with Crippen molar-refractivity contribution in [2.75, 3.05) is 11.9 Å². The van der Waals surface area contributed by atoms with Crippen molar-refractivity contribution in [3.05, 3.63) is 58.7 Å².